The summed E-state index contributed by atoms with van der Waals surface area (Å²) >= 11 is 0. The molecule has 0 heterocycles. The van der Waals surface area contributed by atoms with Gasteiger partial charge in [-0.05, 0) is 57.8 Å². The number of unbranched alkanes of at least 4 members (excludes halogenated alkanes) is 25. The summed E-state index contributed by atoms with van der Waals surface area (Å²) in [7, 11) is 0. The molecule has 0 N–H and O–H groups in total. The highest BCUT2D eigenvalue weighted by molar-refractivity contribution is 5.70. The van der Waals surface area contributed by atoms with E-state index in [1.165, 1.54) is 135 Å². The predicted octanol–water partition coefficient (Wildman–Crippen LogP) is 16.0. The number of allylic oxidation sites excluding steroid dienone is 8. The van der Waals surface area contributed by atoms with E-state index in [0.29, 0.717) is 19.4 Å². The first kappa shape index (κ1) is 53.9. The second-order valence-corrected chi connectivity index (χ2v) is 16.0. The number of rotatable bonds is 44. The second-order valence-electron chi connectivity index (χ2n) is 16.0. The topological polar surface area (TPSA) is 61.8 Å². The van der Waals surface area contributed by atoms with Crippen molar-refractivity contribution in [2.75, 3.05) is 19.8 Å². The monoisotopic (exact) mass is 785 g/mol. The Morgan fingerprint density at radius 1 is 0.411 bits per heavy atom. The maximum atomic E-state index is 12.7. The number of esters is 2. The average Bonchev–Trinajstić information content (AvgIpc) is 3.20. The molecule has 0 rings (SSSR count). The van der Waals surface area contributed by atoms with Gasteiger partial charge >= 0.3 is 11.9 Å². The van der Waals surface area contributed by atoms with Gasteiger partial charge < -0.3 is 14.2 Å². The lowest BCUT2D eigenvalue weighted by Crippen LogP contribution is -2.30. The van der Waals surface area contributed by atoms with E-state index in [1.54, 1.807) is 0 Å². The molecule has 0 saturated carbocycles. The molecular weight excluding hydrogens is 693 g/mol. The van der Waals surface area contributed by atoms with E-state index in [1.807, 2.05) is 0 Å². The zero-order valence-electron chi connectivity index (χ0n) is 37.4. The first-order chi connectivity index (χ1) is 27.6. The fourth-order valence-corrected chi connectivity index (χ4v) is 6.80. The van der Waals surface area contributed by atoms with Crippen molar-refractivity contribution < 1.29 is 23.8 Å². The van der Waals surface area contributed by atoms with Crippen molar-refractivity contribution in [3.05, 3.63) is 48.6 Å². The third-order valence-electron chi connectivity index (χ3n) is 10.4. The number of hydrogen-bond donors (Lipinski definition) is 0. The van der Waals surface area contributed by atoms with Crippen LogP contribution in [0.15, 0.2) is 48.6 Å². The van der Waals surface area contributed by atoms with Crippen LogP contribution in [0.5, 0.6) is 0 Å². The van der Waals surface area contributed by atoms with Crippen LogP contribution in [0.4, 0.5) is 0 Å². The molecule has 56 heavy (non-hydrogen) atoms. The molecule has 5 nitrogen and oxygen atoms in total. The third kappa shape index (κ3) is 44.6. The van der Waals surface area contributed by atoms with E-state index in [0.717, 1.165) is 70.6 Å². The largest absolute Gasteiger partial charge is 0.462 e. The number of ether oxygens (including phenoxy) is 3. The summed E-state index contributed by atoms with van der Waals surface area (Å²) in [5.41, 5.74) is 0. The molecule has 326 valence electrons. The highest BCUT2D eigenvalue weighted by Crippen LogP contribution is 2.15. The summed E-state index contributed by atoms with van der Waals surface area (Å²) in [4.78, 5) is 25.3. The fraction of sp³-hybridized carbons (Fsp3) is 0.804. The lowest BCUT2D eigenvalue weighted by molar-refractivity contribution is -0.163. The minimum Gasteiger partial charge on any atom is -0.462 e. The maximum Gasteiger partial charge on any atom is 0.306 e. The summed E-state index contributed by atoms with van der Waals surface area (Å²) < 4.78 is 17.3. The molecule has 0 saturated heterocycles. The van der Waals surface area contributed by atoms with Crippen molar-refractivity contribution in [3.8, 4) is 0 Å². The summed E-state index contributed by atoms with van der Waals surface area (Å²) in [6, 6.07) is 0. The summed E-state index contributed by atoms with van der Waals surface area (Å²) in [6.45, 7) is 7.68. The Hall–Kier alpha value is -2.14. The Bertz CT molecular complexity index is 935. The zero-order valence-corrected chi connectivity index (χ0v) is 37.4. The lowest BCUT2D eigenvalue weighted by Gasteiger charge is -2.18. The lowest BCUT2D eigenvalue weighted by atomic mass is 10.0. The molecule has 0 fully saturated rings. The SMILES string of the molecule is CC/C=C\C/C=C\C/C=C\C/C=C\CCCCC(=O)OC(COCCCCCCCCCC)COC(=O)CCCCCCCCCCCCCCCCCCC. The summed E-state index contributed by atoms with van der Waals surface area (Å²) in [5, 5.41) is 0. The molecule has 0 spiro atoms. The van der Waals surface area contributed by atoms with Gasteiger partial charge in [0.05, 0.1) is 6.61 Å². The van der Waals surface area contributed by atoms with Crippen molar-refractivity contribution in [3.63, 3.8) is 0 Å². The first-order valence-corrected chi connectivity index (χ1v) is 24.2. The Labute approximate surface area is 348 Å². The number of hydrogen-bond acceptors (Lipinski definition) is 5. The van der Waals surface area contributed by atoms with Crippen LogP contribution in [0.3, 0.4) is 0 Å². The van der Waals surface area contributed by atoms with E-state index >= 15 is 0 Å². The van der Waals surface area contributed by atoms with Crippen LogP contribution in [-0.4, -0.2) is 37.9 Å². The molecule has 0 aliphatic carbocycles. The van der Waals surface area contributed by atoms with Crippen molar-refractivity contribution in [2.24, 2.45) is 0 Å². The minimum absolute atomic E-state index is 0.0723. The van der Waals surface area contributed by atoms with Gasteiger partial charge in [-0.3, -0.25) is 9.59 Å². The average molecular weight is 785 g/mol. The molecule has 0 aromatic carbocycles. The van der Waals surface area contributed by atoms with Crippen LogP contribution in [0.2, 0.25) is 0 Å². The van der Waals surface area contributed by atoms with Gasteiger partial charge in [-0.2, -0.15) is 0 Å². The Balaban J connectivity index is 4.20. The van der Waals surface area contributed by atoms with Gasteiger partial charge in [0.25, 0.3) is 0 Å². The molecule has 0 bridgehead atoms. The molecular formula is C51H92O5. The van der Waals surface area contributed by atoms with E-state index in [2.05, 4.69) is 69.4 Å². The Kier molecular flexibility index (Phi) is 45.4. The highest BCUT2D eigenvalue weighted by atomic mass is 16.6. The predicted molar refractivity (Wildman–Crippen MR) is 242 cm³/mol. The van der Waals surface area contributed by atoms with Crippen LogP contribution in [-0.2, 0) is 23.8 Å². The van der Waals surface area contributed by atoms with E-state index in [4.69, 9.17) is 14.2 Å². The standard InChI is InChI=1S/C51H92O5/c1-4-7-10-13-16-19-21-23-25-26-28-29-31-33-35-38-41-44-50(52)55-48-49(47-54-46-43-40-37-18-15-12-9-6-3)56-51(53)45-42-39-36-34-32-30-27-24-22-20-17-14-11-8-5-2/h8,11,17,20,24,27,32,34,49H,4-7,9-10,12-16,18-19,21-23,25-26,28-31,33,35-48H2,1-3H3/b11-8-,20-17-,27-24-,34-32-. The summed E-state index contributed by atoms with van der Waals surface area (Å²) in [5.74, 6) is -0.437. The van der Waals surface area contributed by atoms with Crippen molar-refractivity contribution >= 4 is 11.9 Å². The minimum atomic E-state index is -0.551. The van der Waals surface area contributed by atoms with Gasteiger partial charge in [0.1, 0.15) is 6.61 Å². The summed E-state index contributed by atoms with van der Waals surface area (Å²) in [6.07, 6.45) is 56.9. The van der Waals surface area contributed by atoms with E-state index in [-0.39, 0.29) is 25.2 Å². The van der Waals surface area contributed by atoms with Crippen LogP contribution in [0.1, 0.15) is 239 Å². The van der Waals surface area contributed by atoms with Crippen molar-refractivity contribution in [1.82, 2.24) is 0 Å². The van der Waals surface area contributed by atoms with Gasteiger partial charge in [0.15, 0.2) is 6.10 Å². The normalized spacial score (nSPS) is 12.6. The zero-order chi connectivity index (χ0) is 40.7. The number of carbonyl (C=O) groups excluding carboxylic acids is 2. The third-order valence-corrected chi connectivity index (χ3v) is 10.4. The van der Waals surface area contributed by atoms with Crippen LogP contribution in [0, 0.1) is 0 Å². The first-order valence-electron chi connectivity index (χ1n) is 24.2. The molecule has 0 aliphatic rings. The second kappa shape index (κ2) is 47.2. The smallest absolute Gasteiger partial charge is 0.306 e. The van der Waals surface area contributed by atoms with Crippen LogP contribution in [0.25, 0.3) is 0 Å². The van der Waals surface area contributed by atoms with Gasteiger partial charge in [0.2, 0.25) is 0 Å². The number of carbonyl (C=O) groups is 2. The van der Waals surface area contributed by atoms with E-state index < -0.39 is 6.10 Å². The molecule has 0 radical (unpaired) electrons. The Morgan fingerprint density at radius 2 is 0.804 bits per heavy atom. The molecule has 1 unspecified atom stereocenters. The Morgan fingerprint density at radius 3 is 1.29 bits per heavy atom. The van der Waals surface area contributed by atoms with Gasteiger partial charge in [-0.15, -0.1) is 0 Å². The van der Waals surface area contributed by atoms with Gasteiger partial charge in [-0.1, -0.05) is 217 Å². The van der Waals surface area contributed by atoms with Crippen LogP contribution < -0.4 is 0 Å². The molecule has 0 amide bonds. The van der Waals surface area contributed by atoms with Crippen molar-refractivity contribution in [2.45, 2.75) is 245 Å². The molecule has 1 atom stereocenters. The molecule has 0 aromatic rings. The van der Waals surface area contributed by atoms with Crippen LogP contribution >= 0.6 is 0 Å². The molecule has 0 aliphatic heterocycles. The molecule has 5 heteroatoms. The highest BCUT2D eigenvalue weighted by Gasteiger charge is 2.17. The van der Waals surface area contributed by atoms with Gasteiger partial charge in [-0.25, -0.2) is 0 Å². The van der Waals surface area contributed by atoms with E-state index in [9.17, 15) is 9.59 Å². The van der Waals surface area contributed by atoms with Crippen molar-refractivity contribution in [1.29, 1.82) is 0 Å². The fourth-order valence-electron chi connectivity index (χ4n) is 6.80. The quantitative estimate of drug-likeness (QED) is 0.0350. The molecule has 0 aromatic heterocycles. The maximum absolute atomic E-state index is 12.7. The van der Waals surface area contributed by atoms with Gasteiger partial charge in [0, 0.05) is 19.4 Å².